The Labute approximate surface area is 327 Å². The van der Waals surface area contributed by atoms with E-state index < -0.39 is 81.4 Å². The third-order valence-corrected chi connectivity index (χ3v) is 13.2. The maximum absolute atomic E-state index is 16.5. The molecule has 0 amide bonds. The van der Waals surface area contributed by atoms with Crippen molar-refractivity contribution in [2.45, 2.75) is 87.8 Å². The molecular formula is C31H39FN8O12P2S2. The smallest absolute Gasteiger partial charge is 0.325 e. The maximum Gasteiger partial charge on any atom is 0.325 e. The second kappa shape index (κ2) is 16.2. The predicted octanol–water partition coefficient (Wildman–Crippen LogP) is 0.596. The zero-order valence-electron chi connectivity index (χ0n) is 29.5. The van der Waals surface area contributed by atoms with Crippen molar-refractivity contribution in [2.75, 3.05) is 33.0 Å². The van der Waals surface area contributed by atoms with Gasteiger partial charge in [-0.1, -0.05) is 0 Å². The molecule has 4 aromatic rings. The number of Topliss-reactive ketones (excluding diaryl/α,β-unsaturated/α-hetero) is 1. The zero-order valence-corrected chi connectivity index (χ0v) is 32.9. The van der Waals surface area contributed by atoms with E-state index in [2.05, 4.69) is 19.9 Å². The minimum Gasteiger partial charge on any atom is -0.387 e. The van der Waals surface area contributed by atoms with Crippen LogP contribution in [-0.2, 0) is 80.1 Å². The molecule has 3 saturated heterocycles. The van der Waals surface area contributed by atoms with Gasteiger partial charge in [0, 0.05) is 18.0 Å². The van der Waals surface area contributed by atoms with E-state index in [9.17, 15) is 24.5 Å². The second-order valence-electron chi connectivity index (χ2n) is 13.7. The van der Waals surface area contributed by atoms with E-state index in [1.807, 2.05) is 0 Å². The topological polar surface area (TPSA) is 252 Å². The highest BCUT2D eigenvalue weighted by molar-refractivity contribution is 8.07. The average molecular weight is 861 g/mol. The summed E-state index contributed by atoms with van der Waals surface area (Å²) < 4.78 is 61.3. The van der Waals surface area contributed by atoms with Gasteiger partial charge in [0.25, 0.3) is 5.56 Å². The van der Waals surface area contributed by atoms with Crippen LogP contribution in [0, 0.1) is 0 Å². The molecular weight excluding hydrogens is 821 g/mol. The van der Waals surface area contributed by atoms with Crippen LogP contribution in [0.1, 0.15) is 43.0 Å². The van der Waals surface area contributed by atoms with Crippen LogP contribution < -0.4 is 11.3 Å². The molecule has 0 saturated carbocycles. The summed E-state index contributed by atoms with van der Waals surface area (Å²) in [5, 5.41) is 12.2. The molecule has 10 atom stereocenters. The number of rotatable bonds is 9. The molecule has 2 unspecified atom stereocenters. The molecule has 4 aromatic heterocycles. The van der Waals surface area contributed by atoms with Crippen LogP contribution in [0.2, 0.25) is 0 Å². The fraction of sp³-hybridized carbons (Fsp3) is 0.613. The van der Waals surface area contributed by atoms with Crippen LogP contribution in [0.15, 0.2) is 30.0 Å². The first kappa shape index (κ1) is 40.2. The van der Waals surface area contributed by atoms with Crippen LogP contribution >= 0.6 is 13.4 Å². The van der Waals surface area contributed by atoms with Crippen molar-refractivity contribution in [2.24, 2.45) is 5.73 Å². The Hall–Kier alpha value is -2.57. The van der Waals surface area contributed by atoms with Gasteiger partial charge in [-0.15, -0.1) is 0 Å². The van der Waals surface area contributed by atoms with Gasteiger partial charge in [0.1, 0.15) is 54.6 Å². The van der Waals surface area contributed by atoms with Gasteiger partial charge in [0.05, 0.1) is 51.5 Å². The molecule has 2 bridgehead atoms. The molecule has 56 heavy (non-hydrogen) atoms. The number of hydrogen-bond donors (Lipinski definition) is 4. The van der Waals surface area contributed by atoms with Crippen LogP contribution in [0.25, 0.3) is 22.2 Å². The molecule has 3 aliphatic heterocycles. The number of imidazole rings is 1. The summed E-state index contributed by atoms with van der Waals surface area (Å²) in [6.45, 7) is -9.40. The number of alkyl halides is 1. The number of fused-ring (bicyclic) bond motifs is 4. The highest BCUT2D eigenvalue weighted by Crippen LogP contribution is 2.54. The number of aliphatic hydroxyl groups excluding tert-OH is 1. The molecule has 1 aliphatic carbocycles. The van der Waals surface area contributed by atoms with E-state index in [-0.39, 0.29) is 49.7 Å². The van der Waals surface area contributed by atoms with Gasteiger partial charge in [0.2, 0.25) is 0 Å². The van der Waals surface area contributed by atoms with Gasteiger partial charge < -0.3 is 48.5 Å². The predicted molar refractivity (Wildman–Crippen MR) is 199 cm³/mol. The fourth-order valence-corrected chi connectivity index (χ4v) is 10.2. The lowest BCUT2D eigenvalue weighted by molar-refractivity contribution is -0.118. The van der Waals surface area contributed by atoms with Gasteiger partial charge in [-0.25, -0.2) is 24.3 Å². The number of halogens is 1. The third-order valence-electron chi connectivity index (χ3n) is 10.1. The molecule has 0 aromatic carbocycles. The number of carbonyl (C=O) groups excluding carboxylic acids is 1. The van der Waals surface area contributed by atoms with E-state index in [0.29, 0.717) is 5.65 Å². The minimum absolute atomic E-state index is 0.0447. The van der Waals surface area contributed by atoms with Gasteiger partial charge >= 0.3 is 13.4 Å². The number of ether oxygens (including phenoxy) is 3. The average Bonchev–Trinajstić information content (AvgIpc) is 3.88. The summed E-state index contributed by atoms with van der Waals surface area (Å²) >= 11 is 10.7. The Morgan fingerprint density at radius 2 is 1.68 bits per heavy atom. The van der Waals surface area contributed by atoms with Gasteiger partial charge in [-0.05, 0) is 54.9 Å². The van der Waals surface area contributed by atoms with Crippen LogP contribution in [0.5, 0.6) is 0 Å². The van der Waals surface area contributed by atoms with E-state index in [0.717, 1.165) is 42.3 Å². The Kier molecular flexibility index (Phi) is 11.7. The number of hydrogen-bond acceptors (Lipinski definition) is 17. The summed E-state index contributed by atoms with van der Waals surface area (Å²) in [5.41, 5.74) is 7.06. The van der Waals surface area contributed by atoms with E-state index in [1.165, 1.54) is 28.1 Å². The molecule has 5 N–H and O–H groups in total. The highest BCUT2D eigenvalue weighted by Gasteiger charge is 2.53. The SMILES string of the molecule is NCC(=O)CCOCCn1cnc2c(ncn2[C@@H]2O[C@@H]3COP(O)(=S)O[C@H]4[C@@H](F)[C@H](n5cc6c7c(ncnc75)CCCC6)O[C@@H]4COP(O)(=S)O[C@@H]2[C@@H]3O)c1=O. The summed E-state index contributed by atoms with van der Waals surface area (Å²) in [6, 6.07) is 0. The molecule has 20 nitrogen and oxygen atoms in total. The monoisotopic (exact) mass is 860 g/mol. The van der Waals surface area contributed by atoms with Crippen molar-refractivity contribution < 1.29 is 56.4 Å². The highest BCUT2D eigenvalue weighted by atomic mass is 32.5. The number of nitrogens with two attached hydrogens (primary N) is 1. The van der Waals surface area contributed by atoms with Crippen LogP contribution in [0.3, 0.4) is 0 Å². The van der Waals surface area contributed by atoms with Crippen molar-refractivity contribution in [3.63, 3.8) is 0 Å². The van der Waals surface area contributed by atoms with Crippen molar-refractivity contribution in [1.29, 1.82) is 0 Å². The fourth-order valence-electron chi connectivity index (χ4n) is 7.33. The molecule has 4 aliphatic rings. The van der Waals surface area contributed by atoms with Crippen LogP contribution in [0.4, 0.5) is 4.39 Å². The summed E-state index contributed by atoms with van der Waals surface area (Å²) in [6.07, 6.45) is -2.43. The van der Waals surface area contributed by atoms with E-state index >= 15 is 4.39 Å². The lowest BCUT2D eigenvalue weighted by Gasteiger charge is -2.27. The molecule has 3 fully saturated rings. The Morgan fingerprint density at radius 1 is 0.946 bits per heavy atom. The second-order valence-corrected chi connectivity index (χ2v) is 19.3. The van der Waals surface area contributed by atoms with Crippen molar-refractivity contribution in [1.82, 2.24) is 33.6 Å². The lowest BCUT2D eigenvalue weighted by atomic mass is 10.1. The normalized spacial score (nSPS) is 33.8. The van der Waals surface area contributed by atoms with Gasteiger partial charge in [-0.3, -0.25) is 27.8 Å². The zero-order chi connectivity index (χ0) is 39.4. The summed E-state index contributed by atoms with van der Waals surface area (Å²) in [7, 11) is 0. The largest absolute Gasteiger partial charge is 0.387 e. The van der Waals surface area contributed by atoms with Crippen LogP contribution in [-0.4, -0.2) is 124 Å². The quantitative estimate of drug-likeness (QED) is 0.133. The maximum atomic E-state index is 16.5. The molecule has 304 valence electrons. The first-order chi connectivity index (χ1) is 26.8. The molecule has 25 heteroatoms. The van der Waals surface area contributed by atoms with Crippen molar-refractivity contribution in [3.05, 3.63) is 46.8 Å². The summed E-state index contributed by atoms with van der Waals surface area (Å²) in [4.78, 5) is 64.7. The Balaban J connectivity index is 1.03. The first-order valence-electron chi connectivity index (χ1n) is 17.8. The number of aliphatic hydroxyl groups is 1. The number of carbonyl (C=O) groups is 1. The number of aryl methyl sites for hydroxylation is 2. The molecule has 0 radical (unpaired) electrons. The molecule has 0 spiro atoms. The third kappa shape index (κ3) is 7.93. The number of aromatic nitrogens is 7. The van der Waals surface area contributed by atoms with Crippen molar-refractivity contribution >= 4 is 65.0 Å². The Morgan fingerprint density at radius 3 is 2.46 bits per heavy atom. The van der Waals surface area contributed by atoms with Crippen molar-refractivity contribution in [3.8, 4) is 0 Å². The minimum atomic E-state index is -4.29. The standard InChI is InChI=1S/C31H39FN8O12P2S2/c32-22-25-20(50-30(22)39-10-16-3-1-2-4-18-21(16)27(39)35-13-34-18)12-48-54(45,56)52-26-24(42)19(11-47-53(44,55)51-25)49-31(26)40-15-36-23-28(40)37-14-38(29(23)43)6-8-46-7-5-17(41)9-33/h10,13-15,19-20,22,24-26,30-31,42H,1-9,11-12,33H2,(H,44,55)(H,45,56)/t19-,20-,22-,24-,25-,26-,30-,31-,53?,54?/m1/s1. The molecule has 7 heterocycles. The van der Waals surface area contributed by atoms with Gasteiger partial charge in [-0.2, -0.15) is 0 Å². The Bertz CT molecular complexity index is 2280. The number of ketones is 1. The van der Waals surface area contributed by atoms with E-state index in [1.54, 1.807) is 10.8 Å². The molecule has 8 rings (SSSR count). The van der Waals surface area contributed by atoms with Gasteiger partial charge in [0.15, 0.2) is 29.8 Å². The summed E-state index contributed by atoms with van der Waals surface area (Å²) in [5.74, 6) is -0.150. The first-order valence-corrected chi connectivity index (χ1v) is 23.0. The lowest BCUT2D eigenvalue weighted by Crippen LogP contribution is -2.35. The number of nitrogens with zero attached hydrogens (tertiary/aromatic N) is 7. The van der Waals surface area contributed by atoms with E-state index in [4.69, 9.17) is 61.7 Å².